The maximum atomic E-state index is 14.2. The Kier molecular flexibility index (Phi) is 24.1. The number of ketones is 2. The lowest BCUT2D eigenvalue weighted by atomic mass is 9.83. The molecule has 9 rings (SSSR count). The van der Waals surface area contributed by atoms with Gasteiger partial charge in [-0.1, -0.05) is 44.2 Å². The molecule has 2 unspecified atom stereocenters. The predicted molar refractivity (Wildman–Crippen MR) is 329 cm³/mol. The maximum Gasteiger partial charge on any atom is 0.263 e. The van der Waals surface area contributed by atoms with Gasteiger partial charge in [0, 0.05) is 61.3 Å². The van der Waals surface area contributed by atoms with E-state index in [1.807, 2.05) is 21.9 Å². The van der Waals surface area contributed by atoms with Gasteiger partial charge >= 0.3 is 0 Å². The minimum absolute atomic E-state index is 0.0118. The van der Waals surface area contributed by atoms with Crippen molar-refractivity contribution in [3.63, 3.8) is 0 Å². The third-order valence-electron chi connectivity index (χ3n) is 16.9. The first kappa shape index (κ1) is 64.7. The van der Waals surface area contributed by atoms with E-state index >= 15 is 0 Å². The summed E-state index contributed by atoms with van der Waals surface area (Å²) < 4.78 is 35.8. The van der Waals surface area contributed by atoms with Crippen LogP contribution in [-0.4, -0.2) is 188 Å². The fourth-order valence-electron chi connectivity index (χ4n) is 11.9. The summed E-state index contributed by atoms with van der Waals surface area (Å²) >= 11 is 1.39. The summed E-state index contributed by atoms with van der Waals surface area (Å²) in [5, 5.41) is 12.4. The molecule has 24 heteroatoms. The first-order chi connectivity index (χ1) is 42.4. The molecule has 470 valence electrons. The number of thiazole rings is 1. The minimum Gasteiger partial charge on any atom is -0.491 e. The van der Waals surface area contributed by atoms with Crippen LogP contribution in [0.15, 0.2) is 59.0 Å². The van der Waals surface area contributed by atoms with Gasteiger partial charge in [-0.05, 0) is 102 Å². The number of aryl methyl sites for hydroxylation is 1. The van der Waals surface area contributed by atoms with E-state index in [1.54, 1.807) is 67.5 Å². The molecule has 2 aliphatic heterocycles. The summed E-state index contributed by atoms with van der Waals surface area (Å²) in [6, 6.07) is 9.57. The highest BCUT2D eigenvalue weighted by Gasteiger charge is 2.40. The first-order valence-electron chi connectivity index (χ1n) is 31.0. The molecule has 87 heavy (non-hydrogen) atoms. The Morgan fingerprint density at radius 2 is 1.40 bits per heavy atom. The van der Waals surface area contributed by atoms with Gasteiger partial charge < -0.3 is 59.1 Å². The van der Waals surface area contributed by atoms with Crippen molar-refractivity contribution in [3.8, 4) is 5.75 Å². The van der Waals surface area contributed by atoms with E-state index in [-0.39, 0.29) is 65.0 Å². The van der Waals surface area contributed by atoms with E-state index in [4.69, 9.17) is 38.4 Å². The third-order valence-corrected chi connectivity index (χ3v) is 17.8. The van der Waals surface area contributed by atoms with Crippen molar-refractivity contribution in [2.45, 2.75) is 122 Å². The summed E-state index contributed by atoms with van der Waals surface area (Å²) in [6.45, 7) is 12.2. The van der Waals surface area contributed by atoms with Gasteiger partial charge in [0.1, 0.15) is 40.6 Å². The van der Waals surface area contributed by atoms with E-state index in [2.05, 4.69) is 30.8 Å². The zero-order valence-electron chi connectivity index (χ0n) is 50.8. The highest BCUT2D eigenvalue weighted by atomic mass is 32.1. The van der Waals surface area contributed by atoms with Crippen molar-refractivity contribution in [1.29, 1.82) is 0 Å². The number of carbonyl (C=O) groups is 5. The lowest BCUT2D eigenvalue weighted by molar-refractivity contribution is -0.139. The predicted octanol–water partition coefficient (Wildman–Crippen LogP) is 6.78. The molecule has 2 aliphatic carbocycles. The van der Waals surface area contributed by atoms with Gasteiger partial charge in [-0.25, -0.2) is 15.0 Å². The van der Waals surface area contributed by atoms with Crippen molar-refractivity contribution in [2.75, 3.05) is 123 Å². The molecule has 6 heterocycles. The Labute approximate surface area is 512 Å². The quantitative estimate of drug-likeness (QED) is 0.0296. The van der Waals surface area contributed by atoms with Crippen LogP contribution in [0.3, 0.4) is 0 Å². The summed E-state index contributed by atoms with van der Waals surface area (Å²) in [4.78, 5) is 104. The molecule has 3 N–H and O–H groups in total. The number of anilines is 3. The molecule has 3 amide bonds. The Balaban J connectivity index is 0.574. The van der Waals surface area contributed by atoms with E-state index in [1.165, 1.54) is 18.3 Å². The number of hydrogen-bond donors (Lipinski definition) is 3. The highest BCUT2D eigenvalue weighted by molar-refractivity contribution is 7.10. The fraction of sp³-hybridized carbons (Fsp3) is 0.587. The summed E-state index contributed by atoms with van der Waals surface area (Å²) in [6.07, 6.45) is 14.2. The number of fused-ring (bicyclic) bond motifs is 1. The molecule has 4 fully saturated rings. The molecule has 2 saturated heterocycles. The molecule has 1 aromatic carbocycles. The van der Waals surface area contributed by atoms with Gasteiger partial charge in [0.15, 0.2) is 5.78 Å². The van der Waals surface area contributed by atoms with Crippen molar-refractivity contribution in [2.24, 2.45) is 5.92 Å². The highest BCUT2D eigenvalue weighted by Crippen LogP contribution is 2.37. The Morgan fingerprint density at radius 3 is 2.06 bits per heavy atom. The van der Waals surface area contributed by atoms with Crippen LogP contribution in [0.5, 0.6) is 5.75 Å². The summed E-state index contributed by atoms with van der Waals surface area (Å²) in [5.41, 5.74) is 2.73. The molecule has 0 bridgehead atoms. The Bertz CT molecular complexity index is 3160. The topological polar surface area (TPSA) is 260 Å². The monoisotopic (exact) mass is 1220 g/mol. The van der Waals surface area contributed by atoms with Crippen LogP contribution in [0.2, 0.25) is 0 Å². The number of likely N-dealkylation sites (tertiary alicyclic amines) is 1. The molecular formula is C63H85N11O12S. The summed E-state index contributed by atoms with van der Waals surface area (Å²) in [7, 11) is 1.73. The number of amides is 3. The lowest BCUT2D eigenvalue weighted by Crippen LogP contribution is -2.55. The molecule has 3 atom stereocenters. The molecule has 23 nitrogen and oxygen atoms in total. The van der Waals surface area contributed by atoms with Crippen LogP contribution in [0.25, 0.3) is 11.0 Å². The van der Waals surface area contributed by atoms with E-state index in [9.17, 15) is 28.8 Å². The molecule has 5 aromatic rings. The van der Waals surface area contributed by atoms with Crippen molar-refractivity contribution < 1.29 is 52.4 Å². The zero-order chi connectivity index (χ0) is 61.1. The van der Waals surface area contributed by atoms with Crippen LogP contribution >= 0.6 is 11.3 Å². The number of nitrogens with zero attached hydrogens (tertiary/aromatic N) is 8. The number of piperazine rings is 1. The number of pyridine rings is 2. The van der Waals surface area contributed by atoms with Gasteiger partial charge in [0.05, 0.1) is 102 Å². The van der Waals surface area contributed by atoms with Crippen molar-refractivity contribution in [3.05, 3.63) is 91.9 Å². The van der Waals surface area contributed by atoms with Crippen LogP contribution < -0.4 is 31.1 Å². The average Bonchev–Trinajstić information content (AvgIpc) is 1.86. The lowest BCUT2D eigenvalue weighted by Gasteiger charge is -2.36. The van der Waals surface area contributed by atoms with Crippen LogP contribution in [-0.2, 0) is 38.1 Å². The number of rotatable bonds is 32. The normalized spacial score (nSPS) is 17.4. The molecule has 0 radical (unpaired) electrons. The number of carbonyl (C=O) groups excluding carboxylic acids is 5. The Hall–Kier alpha value is -6.80. The van der Waals surface area contributed by atoms with Gasteiger partial charge in [-0.15, -0.1) is 11.3 Å². The second kappa shape index (κ2) is 32.4. The van der Waals surface area contributed by atoms with Gasteiger partial charge in [-0.2, -0.15) is 4.98 Å². The average molecular weight is 1220 g/mol. The SMILES string of the molecule is CNC(C)C(=O)NC(C(=O)N1CCC[C@H]1c1nc(C(=O)c2cccc(OCCOCCOCCOCCOCCOCCC(=O)N3CCN(c4ccc(Nc5ncc6c(C)c(C(C)=O)c(=O)n(C7CCCC7)c6n5)nc4)CC3)c2)cs1)C1CCCCC1. The van der Waals surface area contributed by atoms with Crippen molar-refractivity contribution in [1.82, 2.24) is 44.9 Å². The number of hydrogen-bond acceptors (Lipinski definition) is 20. The number of likely N-dealkylation sites (N-methyl/N-ethyl adjacent to an activating group) is 1. The van der Waals surface area contributed by atoms with E-state index in [0.29, 0.717) is 151 Å². The standard InChI is InChI=1S/C63H85N11O12S/c1-42-50-40-66-63(70-58(50)74(47-15-8-9-16-47)61(79)55(42)44(3)75)68-53-20-19-48(39-65-53)71-23-25-72(26-24-71)54(76)21-27-81-28-29-82-30-31-83-32-33-84-34-35-85-36-37-86-49-17-10-14-46(38-49)57(77)51-41-87-60(67-51)52-18-11-22-73(52)62(80)56(45-12-6-5-7-13-45)69-59(78)43(2)64-4/h10,14,17,19-20,38-41,43,45,47,52,56,64H,5-9,11-13,15-16,18,21-37H2,1-4H3,(H,69,78)(H,65,66,68,70)/t43?,52-,56?/m0/s1. The smallest absolute Gasteiger partial charge is 0.263 e. The third kappa shape index (κ3) is 17.3. The van der Waals surface area contributed by atoms with Crippen LogP contribution in [0.1, 0.15) is 140 Å². The first-order valence-corrected chi connectivity index (χ1v) is 31.8. The fourth-order valence-corrected chi connectivity index (χ4v) is 12.9. The molecular weight excluding hydrogens is 1130 g/mol. The molecule has 0 spiro atoms. The van der Waals surface area contributed by atoms with Crippen molar-refractivity contribution >= 4 is 69.1 Å². The Morgan fingerprint density at radius 1 is 0.736 bits per heavy atom. The van der Waals surface area contributed by atoms with E-state index < -0.39 is 12.1 Å². The number of nitrogens with one attached hydrogen (secondary N) is 3. The molecule has 2 saturated carbocycles. The zero-order valence-corrected chi connectivity index (χ0v) is 51.6. The number of aromatic nitrogens is 5. The van der Waals surface area contributed by atoms with Crippen LogP contribution in [0.4, 0.5) is 17.5 Å². The van der Waals surface area contributed by atoms with Gasteiger partial charge in [0.2, 0.25) is 29.5 Å². The molecule has 4 aliphatic rings. The second-order valence-corrected chi connectivity index (χ2v) is 23.6. The van der Waals surface area contributed by atoms with Gasteiger partial charge in [-0.3, -0.25) is 33.3 Å². The summed E-state index contributed by atoms with van der Waals surface area (Å²) in [5.74, 6) is 0.817. The molecule has 4 aromatic heterocycles. The van der Waals surface area contributed by atoms with Crippen LogP contribution in [0, 0.1) is 12.8 Å². The van der Waals surface area contributed by atoms with E-state index in [0.717, 1.165) is 81.3 Å². The largest absolute Gasteiger partial charge is 0.491 e. The minimum atomic E-state index is -0.587. The maximum absolute atomic E-state index is 14.2. The second-order valence-electron chi connectivity index (χ2n) is 22.7. The number of ether oxygens (including phenoxy) is 6. The van der Waals surface area contributed by atoms with Gasteiger partial charge in [0.25, 0.3) is 5.56 Å². The number of benzene rings is 1. The number of Topliss-reactive ketones (excluding diaryl/α,β-unsaturated/α-hetero) is 1.